The Morgan fingerprint density at radius 1 is 1.33 bits per heavy atom. The van der Waals surface area contributed by atoms with Crippen LogP contribution in [0.4, 0.5) is 5.82 Å². The number of carbonyl (C=O) groups is 1. The van der Waals surface area contributed by atoms with Gasteiger partial charge in [-0.25, -0.2) is 9.78 Å². The first kappa shape index (κ1) is 18.7. The van der Waals surface area contributed by atoms with Crippen molar-refractivity contribution in [2.45, 2.75) is 6.10 Å². The normalized spacial score (nSPS) is 12.2. The van der Waals surface area contributed by atoms with E-state index >= 15 is 0 Å². The quantitative estimate of drug-likeness (QED) is 0.444. The van der Waals surface area contributed by atoms with Crippen molar-refractivity contribution < 1.29 is 19.7 Å². The topological polar surface area (TPSA) is 123 Å². The van der Waals surface area contributed by atoms with E-state index in [4.69, 9.17) is 10.5 Å². The highest BCUT2D eigenvalue weighted by Crippen LogP contribution is 2.24. The van der Waals surface area contributed by atoms with Crippen molar-refractivity contribution in [3.05, 3.63) is 53.9 Å². The summed E-state index contributed by atoms with van der Waals surface area (Å²) in [4.78, 5) is 15.2. The van der Waals surface area contributed by atoms with Gasteiger partial charge in [0.25, 0.3) is 0 Å². The highest BCUT2D eigenvalue weighted by Gasteiger charge is 2.12. The van der Waals surface area contributed by atoms with Crippen LogP contribution in [0.5, 0.6) is 5.75 Å². The fraction of sp³-hybridized carbons (Fsp3) is 0.263. The van der Waals surface area contributed by atoms with Gasteiger partial charge in [0.05, 0.1) is 6.10 Å². The van der Waals surface area contributed by atoms with E-state index in [0.29, 0.717) is 36.8 Å². The molecule has 0 amide bonds. The number of ether oxygens (including phenoxy) is 1. The Balaban J connectivity index is 1.49. The summed E-state index contributed by atoms with van der Waals surface area (Å²) in [7, 11) is 1.72. The van der Waals surface area contributed by atoms with Crippen LogP contribution < -0.4 is 15.8 Å². The molecule has 0 aliphatic carbocycles. The van der Waals surface area contributed by atoms with E-state index in [1.54, 1.807) is 36.0 Å². The van der Waals surface area contributed by atoms with E-state index in [9.17, 15) is 15.0 Å². The molecule has 8 nitrogen and oxygen atoms in total. The average Bonchev–Trinajstić information content (AvgIpc) is 2.98. The highest BCUT2D eigenvalue weighted by atomic mass is 16.5. The predicted octanol–water partition coefficient (Wildman–Crippen LogP) is 1.56. The largest absolute Gasteiger partial charge is 0.492 e. The lowest BCUT2D eigenvalue weighted by molar-refractivity contribution is 0.0687. The molecule has 0 fully saturated rings. The van der Waals surface area contributed by atoms with Crippen LogP contribution in [0, 0.1) is 0 Å². The highest BCUT2D eigenvalue weighted by molar-refractivity contribution is 5.95. The number of aliphatic hydroxyl groups excluding tert-OH is 1. The summed E-state index contributed by atoms with van der Waals surface area (Å²) in [6.45, 7) is 1.33. The number of aromatic carboxylic acids is 1. The van der Waals surface area contributed by atoms with E-state index in [1.165, 1.54) is 0 Å². The van der Waals surface area contributed by atoms with Crippen LogP contribution in [0.2, 0.25) is 0 Å². The lowest BCUT2D eigenvalue weighted by Crippen LogP contribution is -2.26. The first-order chi connectivity index (χ1) is 13.0. The molecule has 0 aliphatic heterocycles. The third-order valence-corrected chi connectivity index (χ3v) is 4.31. The van der Waals surface area contributed by atoms with Crippen molar-refractivity contribution in [3.63, 3.8) is 0 Å². The third kappa shape index (κ3) is 4.36. The maximum atomic E-state index is 11.2. The number of nitrogen functional groups attached to an aromatic ring is 1. The van der Waals surface area contributed by atoms with Gasteiger partial charge in [0.15, 0.2) is 0 Å². The number of anilines is 1. The zero-order valence-corrected chi connectivity index (χ0v) is 14.9. The number of rotatable bonds is 8. The molecule has 0 saturated heterocycles. The number of carboxylic acid groups (broad SMARTS) is 1. The maximum Gasteiger partial charge on any atom is 0.352 e. The van der Waals surface area contributed by atoms with Crippen LogP contribution in [0.15, 0.2) is 42.6 Å². The number of aromatic nitrogens is 2. The molecule has 2 heterocycles. The Bertz CT molecular complexity index is 937. The number of hydrogen-bond acceptors (Lipinski definition) is 6. The van der Waals surface area contributed by atoms with E-state index in [-0.39, 0.29) is 5.69 Å². The molecule has 8 heteroatoms. The van der Waals surface area contributed by atoms with E-state index in [0.717, 1.165) is 10.9 Å². The van der Waals surface area contributed by atoms with Gasteiger partial charge in [-0.3, -0.25) is 0 Å². The second-order valence-corrected chi connectivity index (χ2v) is 6.20. The number of nitrogens with one attached hydrogen (secondary N) is 1. The van der Waals surface area contributed by atoms with Gasteiger partial charge < -0.3 is 30.6 Å². The van der Waals surface area contributed by atoms with Crippen LogP contribution in [0.1, 0.15) is 22.2 Å². The van der Waals surface area contributed by atoms with Crippen molar-refractivity contribution >= 4 is 22.7 Å². The number of aliphatic hydroxyl groups is 1. The number of hydrogen-bond donors (Lipinski definition) is 4. The van der Waals surface area contributed by atoms with Gasteiger partial charge in [0.2, 0.25) is 0 Å². The lowest BCUT2D eigenvalue weighted by atomic mass is 10.1. The van der Waals surface area contributed by atoms with Crippen LogP contribution in [0.25, 0.3) is 10.9 Å². The van der Waals surface area contributed by atoms with Crippen molar-refractivity contribution in [1.82, 2.24) is 14.9 Å². The predicted molar refractivity (Wildman–Crippen MR) is 102 cm³/mol. The molecule has 0 aliphatic rings. The molecule has 0 unspecified atom stereocenters. The van der Waals surface area contributed by atoms with Gasteiger partial charge in [-0.1, -0.05) is 6.07 Å². The van der Waals surface area contributed by atoms with Gasteiger partial charge in [0, 0.05) is 42.8 Å². The number of aryl methyl sites for hydroxylation is 1. The van der Waals surface area contributed by atoms with Gasteiger partial charge >= 0.3 is 5.97 Å². The summed E-state index contributed by atoms with van der Waals surface area (Å²) in [6, 6.07) is 10.5. The summed E-state index contributed by atoms with van der Waals surface area (Å²) >= 11 is 0. The average molecular weight is 370 g/mol. The molecule has 0 radical (unpaired) electrons. The number of nitrogens with two attached hydrogens (primary N) is 1. The fourth-order valence-electron chi connectivity index (χ4n) is 2.83. The minimum Gasteiger partial charge on any atom is -0.492 e. The summed E-state index contributed by atoms with van der Waals surface area (Å²) in [5.74, 6) is 0.114. The van der Waals surface area contributed by atoms with E-state index < -0.39 is 12.1 Å². The molecule has 0 saturated carbocycles. The van der Waals surface area contributed by atoms with Crippen molar-refractivity contribution in [3.8, 4) is 5.75 Å². The number of carboxylic acids is 1. The first-order valence-electron chi connectivity index (χ1n) is 8.51. The number of fused-ring (bicyclic) bond motifs is 1. The molecule has 1 aromatic carbocycles. The maximum absolute atomic E-state index is 11.2. The molecule has 0 spiro atoms. The molecule has 5 N–H and O–H groups in total. The smallest absolute Gasteiger partial charge is 0.352 e. The SMILES string of the molecule is Cn1c(C(=O)O)cc2cc(OCCNC[C@H](O)c3ccc(N)nc3)ccc21. The molecular weight excluding hydrogens is 348 g/mol. The molecule has 27 heavy (non-hydrogen) atoms. The first-order valence-corrected chi connectivity index (χ1v) is 8.51. The Kier molecular flexibility index (Phi) is 5.58. The van der Waals surface area contributed by atoms with Gasteiger partial charge in [-0.15, -0.1) is 0 Å². The zero-order valence-electron chi connectivity index (χ0n) is 14.9. The monoisotopic (exact) mass is 370 g/mol. The van der Waals surface area contributed by atoms with Gasteiger partial charge in [-0.2, -0.15) is 0 Å². The minimum absolute atomic E-state index is 0.231. The molecule has 3 aromatic rings. The summed E-state index contributed by atoms with van der Waals surface area (Å²) in [6.07, 6.45) is 0.881. The molecular formula is C19H22N4O4. The fourth-order valence-corrected chi connectivity index (χ4v) is 2.83. The Hall–Kier alpha value is -3.10. The van der Waals surface area contributed by atoms with Crippen molar-refractivity contribution in [1.29, 1.82) is 0 Å². The van der Waals surface area contributed by atoms with Crippen LogP contribution in [-0.2, 0) is 7.05 Å². The second-order valence-electron chi connectivity index (χ2n) is 6.20. The molecule has 0 bridgehead atoms. The molecule has 1 atom stereocenters. The van der Waals surface area contributed by atoms with Gasteiger partial charge in [0.1, 0.15) is 23.9 Å². The Labute approximate surface area is 156 Å². The standard InChI is InChI=1S/C19H22N4O4/c1-23-15-4-3-14(8-13(15)9-16(23)19(25)26)27-7-6-21-11-17(24)12-2-5-18(20)22-10-12/h2-5,8-10,17,21,24H,6-7,11H2,1H3,(H2,20,22)(H,25,26)/t17-/m0/s1. The molecule has 142 valence electrons. The summed E-state index contributed by atoms with van der Waals surface area (Å²) in [5, 5.41) is 23.2. The van der Waals surface area contributed by atoms with E-state index in [2.05, 4.69) is 10.3 Å². The lowest BCUT2D eigenvalue weighted by Gasteiger charge is -2.12. The zero-order chi connectivity index (χ0) is 19.4. The minimum atomic E-state index is -0.963. The number of pyridine rings is 1. The van der Waals surface area contributed by atoms with Crippen LogP contribution in [-0.4, -0.2) is 45.4 Å². The van der Waals surface area contributed by atoms with Crippen molar-refractivity contribution in [2.75, 3.05) is 25.4 Å². The van der Waals surface area contributed by atoms with Gasteiger partial charge in [-0.05, 0) is 30.3 Å². The Morgan fingerprint density at radius 3 is 2.85 bits per heavy atom. The van der Waals surface area contributed by atoms with Crippen molar-refractivity contribution in [2.24, 2.45) is 7.05 Å². The third-order valence-electron chi connectivity index (χ3n) is 4.31. The molecule has 2 aromatic heterocycles. The van der Waals surface area contributed by atoms with Crippen LogP contribution >= 0.6 is 0 Å². The van der Waals surface area contributed by atoms with E-state index in [1.807, 2.05) is 18.2 Å². The molecule has 3 rings (SSSR count). The number of benzene rings is 1. The van der Waals surface area contributed by atoms with Crippen LogP contribution in [0.3, 0.4) is 0 Å². The Morgan fingerprint density at radius 2 is 2.15 bits per heavy atom. The summed E-state index contributed by atoms with van der Waals surface area (Å²) < 4.78 is 7.33. The number of nitrogens with zero attached hydrogens (tertiary/aromatic N) is 2. The second kappa shape index (κ2) is 8.07. The summed E-state index contributed by atoms with van der Waals surface area (Å²) in [5.41, 5.74) is 7.28.